The maximum atomic E-state index is 12.0. The Balaban J connectivity index is 2.12. The molecule has 6 heteroatoms. The molecule has 160 valence electrons. The zero-order valence-corrected chi connectivity index (χ0v) is 18.0. The van der Waals surface area contributed by atoms with Crippen molar-refractivity contribution in [1.29, 1.82) is 0 Å². The highest BCUT2D eigenvalue weighted by Crippen LogP contribution is 2.37. The van der Waals surface area contributed by atoms with Gasteiger partial charge in [0.1, 0.15) is 5.75 Å². The summed E-state index contributed by atoms with van der Waals surface area (Å²) in [5.41, 5.74) is 4.70. The normalized spacial score (nSPS) is 13.4. The van der Waals surface area contributed by atoms with E-state index in [1.165, 1.54) is 12.8 Å². The van der Waals surface area contributed by atoms with Crippen LogP contribution in [0.3, 0.4) is 0 Å². The number of carboxylic acids is 1. The number of carboxylic acid groups (broad SMARTS) is 1. The van der Waals surface area contributed by atoms with Gasteiger partial charge in [-0.05, 0) is 60.7 Å². The van der Waals surface area contributed by atoms with Crippen LogP contribution in [0.4, 0.5) is 5.69 Å². The van der Waals surface area contributed by atoms with Crippen LogP contribution in [0.25, 0.3) is 11.1 Å². The summed E-state index contributed by atoms with van der Waals surface area (Å²) in [7, 11) is 1.62. The maximum absolute atomic E-state index is 12.0. The molecule has 0 atom stereocenters. The molecule has 1 heterocycles. The molecule has 1 amide bonds. The van der Waals surface area contributed by atoms with Gasteiger partial charge in [0.15, 0.2) is 0 Å². The first kappa shape index (κ1) is 21.7. The van der Waals surface area contributed by atoms with Crippen LogP contribution in [0.1, 0.15) is 37.8 Å². The third-order valence-electron chi connectivity index (χ3n) is 5.66. The molecule has 2 aromatic rings. The minimum absolute atomic E-state index is 0.0265. The Kier molecular flexibility index (Phi) is 6.98. The van der Waals surface area contributed by atoms with Crippen LogP contribution >= 0.6 is 0 Å². The molecule has 2 aromatic carbocycles. The van der Waals surface area contributed by atoms with Gasteiger partial charge in [-0.2, -0.15) is 0 Å². The number of carbonyl (C=O) groups excluding carboxylic acids is 1. The van der Waals surface area contributed by atoms with Crippen LogP contribution in [0, 0.1) is 0 Å². The van der Waals surface area contributed by atoms with Gasteiger partial charge in [-0.15, -0.1) is 0 Å². The third kappa shape index (κ3) is 4.93. The molecule has 0 spiro atoms. The summed E-state index contributed by atoms with van der Waals surface area (Å²) in [6.07, 6.45) is 2.32. The molecule has 6 nitrogen and oxygen atoms in total. The van der Waals surface area contributed by atoms with Gasteiger partial charge >= 0.3 is 5.97 Å². The first-order valence-electron chi connectivity index (χ1n) is 10.5. The lowest BCUT2D eigenvalue weighted by Gasteiger charge is -2.24. The van der Waals surface area contributed by atoms with E-state index in [9.17, 15) is 14.7 Å². The number of nitrogens with zero attached hydrogens (tertiary/aromatic N) is 2. The van der Waals surface area contributed by atoms with Gasteiger partial charge in [0.25, 0.3) is 0 Å². The molecule has 1 saturated heterocycles. The predicted octanol–water partition coefficient (Wildman–Crippen LogP) is 3.96. The fraction of sp³-hybridized carbons (Fsp3) is 0.417. The lowest BCUT2D eigenvalue weighted by Crippen LogP contribution is -2.28. The van der Waals surface area contributed by atoms with Crippen LogP contribution in [0.2, 0.25) is 0 Å². The Morgan fingerprint density at radius 1 is 1.10 bits per heavy atom. The number of ether oxygens (including phenoxy) is 1. The van der Waals surface area contributed by atoms with Gasteiger partial charge in [0.2, 0.25) is 5.91 Å². The number of aliphatic carboxylic acids is 1. The molecule has 0 aliphatic carbocycles. The second-order valence-corrected chi connectivity index (χ2v) is 7.67. The molecule has 0 unspecified atom stereocenters. The van der Waals surface area contributed by atoms with Crippen molar-refractivity contribution >= 4 is 17.6 Å². The lowest BCUT2D eigenvalue weighted by atomic mass is 9.95. The van der Waals surface area contributed by atoms with Gasteiger partial charge in [-0.3, -0.25) is 9.59 Å². The van der Waals surface area contributed by atoms with Crippen molar-refractivity contribution < 1.29 is 19.4 Å². The topological polar surface area (TPSA) is 70.1 Å². The fourth-order valence-electron chi connectivity index (χ4n) is 4.03. The summed E-state index contributed by atoms with van der Waals surface area (Å²) in [5.74, 6) is -0.153. The Hall–Kier alpha value is -3.02. The smallest absolute Gasteiger partial charge is 0.307 e. The Bertz CT molecular complexity index is 919. The highest BCUT2D eigenvalue weighted by Gasteiger charge is 2.19. The molecule has 0 aromatic heterocycles. The fourth-order valence-corrected chi connectivity index (χ4v) is 4.03. The van der Waals surface area contributed by atoms with E-state index in [2.05, 4.69) is 23.1 Å². The minimum atomic E-state index is -0.870. The Labute approximate surface area is 178 Å². The highest BCUT2D eigenvalue weighted by molar-refractivity contribution is 5.80. The molecule has 1 aliphatic heterocycles. The largest absolute Gasteiger partial charge is 0.496 e. The maximum Gasteiger partial charge on any atom is 0.307 e. The predicted molar refractivity (Wildman–Crippen MR) is 118 cm³/mol. The van der Waals surface area contributed by atoms with Gasteiger partial charge in [-0.25, -0.2) is 0 Å². The molecule has 3 rings (SSSR count). The average molecular weight is 411 g/mol. The van der Waals surface area contributed by atoms with Gasteiger partial charge < -0.3 is 19.6 Å². The van der Waals surface area contributed by atoms with Crippen LogP contribution in [0.15, 0.2) is 36.4 Å². The summed E-state index contributed by atoms with van der Waals surface area (Å²) >= 11 is 0. The van der Waals surface area contributed by atoms with E-state index in [4.69, 9.17) is 4.74 Å². The molecule has 1 fully saturated rings. The van der Waals surface area contributed by atoms with E-state index in [0.717, 1.165) is 41.0 Å². The van der Waals surface area contributed by atoms with Crippen LogP contribution < -0.4 is 9.64 Å². The summed E-state index contributed by atoms with van der Waals surface area (Å²) in [6.45, 7) is 6.73. The van der Waals surface area contributed by atoms with Crippen molar-refractivity contribution in [2.24, 2.45) is 0 Å². The molecule has 1 N–H and O–H groups in total. The molecule has 1 aliphatic rings. The van der Waals surface area contributed by atoms with Crippen molar-refractivity contribution in [1.82, 2.24) is 4.90 Å². The molecule has 30 heavy (non-hydrogen) atoms. The summed E-state index contributed by atoms with van der Waals surface area (Å²) in [4.78, 5) is 27.4. The average Bonchev–Trinajstić information content (AvgIpc) is 3.26. The first-order valence-corrected chi connectivity index (χ1v) is 10.5. The summed E-state index contributed by atoms with van der Waals surface area (Å²) < 4.78 is 5.62. The SMILES string of the molecule is CCN(Cc1ccc(N2CCCC2)cc1-c1cc(CC(=O)O)ccc1OC)C(C)=O. The van der Waals surface area contributed by atoms with Gasteiger partial charge in [0, 0.05) is 44.4 Å². The van der Waals surface area contributed by atoms with Gasteiger partial charge in [-0.1, -0.05) is 12.1 Å². The van der Waals surface area contributed by atoms with Crippen molar-refractivity contribution in [2.75, 3.05) is 31.6 Å². The quantitative estimate of drug-likeness (QED) is 0.713. The number of anilines is 1. The standard InChI is InChI=1S/C24H30N2O4/c1-4-25(17(2)27)16-19-8-9-20(26-11-5-6-12-26)15-21(19)22-13-18(14-24(28)29)7-10-23(22)30-3/h7-10,13,15H,4-6,11-12,14,16H2,1-3H3,(H,28,29). The van der Waals surface area contributed by atoms with E-state index in [1.54, 1.807) is 25.0 Å². The monoisotopic (exact) mass is 410 g/mol. The van der Waals surface area contributed by atoms with Crippen LogP contribution in [-0.4, -0.2) is 48.6 Å². The zero-order chi connectivity index (χ0) is 21.7. The van der Waals surface area contributed by atoms with Crippen molar-refractivity contribution in [3.8, 4) is 16.9 Å². The Morgan fingerprint density at radius 2 is 1.83 bits per heavy atom. The molecule has 0 bridgehead atoms. The highest BCUT2D eigenvalue weighted by atomic mass is 16.5. The first-order chi connectivity index (χ1) is 14.4. The number of benzene rings is 2. The number of carbonyl (C=O) groups is 2. The van der Waals surface area contributed by atoms with Gasteiger partial charge in [0.05, 0.1) is 13.5 Å². The third-order valence-corrected chi connectivity index (χ3v) is 5.66. The van der Waals surface area contributed by atoms with E-state index < -0.39 is 5.97 Å². The van der Waals surface area contributed by atoms with E-state index in [0.29, 0.717) is 18.8 Å². The minimum Gasteiger partial charge on any atom is -0.496 e. The van der Waals surface area contributed by atoms with Crippen molar-refractivity contribution in [3.05, 3.63) is 47.5 Å². The number of methoxy groups -OCH3 is 1. The van der Waals surface area contributed by atoms with E-state index >= 15 is 0 Å². The zero-order valence-electron chi connectivity index (χ0n) is 18.0. The van der Waals surface area contributed by atoms with Crippen molar-refractivity contribution in [3.63, 3.8) is 0 Å². The second kappa shape index (κ2) is 9.65. The van der Waals surface area contributed by atoms with Crippen LogP contribution in [0.5, 0.6) is 5.75 Å². The van der Waals surface area contributed by atoms with Crippen molar-refractivity contribution in [2.45, 2.75) is 39.7 Å². The number of amides is 1. The number of hydrogen-bond donors (Lipinski definition) is 1. The number of hydrogen-bond acceptors (Lipinski definition) is 4. The Morgan fingerprint density at radius 3 is 2.43 bits per heavy atom. The number of rotatable bonds is 8. The molecule has 0 radical (unpaired) electrons. The van der Waals surface area contributed by atoms with E-state index in [1.807, 2.05) is 19.1 Å². The van der Waals surface area contributed by atoms with E-state index in [-0.39, 0.29) is 12.3 Å². The molecular weight excluding hydrogens is 380 g/mol. The summed E-state index contributed by atoms with van der Waals surface area (Å²) in [6, 6.07) is 11.8. The second-order valence-electron chi connectivity index (χ2n) is 7.67. The summed E-state index contributed by atoms with van der Waals surface area (Å²) in [5, 5.41) is 9.23. The van der Waals surface area contributed by atoms with Crippen LogP contribution in [-0.2, 0) is 22.6 Å². The molecular formula is C24H30N2O4. The molecule has 0 saturated carbocycles. The lowest BCUT2D eigenvalue weighted by molar-refractivity contribution is -0.136.